The van der Waals surface area contributed by atoms with Gasteiger partial charge in [0.05, 0.1) is 12.2 Å². The van der Waals surface area contributed by atoms with Crippen LogP contribution in [0.15, 0.2) is 28.8 Å². The summed E-state index contributed by atoms with van der Waals surface area (Å²) < 4.78 is 5.11. The number of nitrogens with zero attached hydrogens (tertiary/aromatic N) is 1. The maximum atomic E-state index is 12.1. The highest BCUT2D eigenvalue weighted by Gasteiger charge is 2.18. The number of hydrogen-bond acceptors (Lipinski definition) is 4. The van der Waals surface area contributed by atoms with E-state index in [0.717, 1.165) is 35.3 Å². The molecular weight excluding hydrogens is 318 g/mol. The molecule has 0 aliphatic rings. The van der Waals surface area contributed by atoms with Gasteiger partial charge in [0.2, 0.25) is 11.7 Å². The first-order chi connectivity index (χ1) is 12.0. The number of carbonyl (C=O) groups is 2. The third kappa shape index (κ3) is 4.68. The van der Waals surface area contributed by atoms with Crippen LogP contribution in [0, 0.1) is 13.8 Å². The Morgan fingerprint density at radius 3 is 2.40 bits per heavy atom. The highest BCUT2D eigenvalue weighted by atomic mass is 16.5. The zero-order valence-electron chi connectivity index (χ0n) is 15.2. The van der Waals surface area contributed by atoms with Crippen LogP contribution in [-0.2, 0) is 4.79 Å². The molecule has 0 aliphatic heterocycles. The van der Waals surface area contributed by atoms with Crippen LogP contribution in [-0.4, -0.2) is 23.5 Å². The Morgan fingerprint density at radius 1 is 1.16 bits per heavy atom. The predicted molar refractivity (Wildman–Crippen MR) is 96.7 cm³/mol. The lowest BCUT2D eigenvalue weighted by Gasteiger charge is -2.11. The van der Waals surface area contributed by atoms with E-state index in [1.165, 1.54) is 0 Å². The fourth-order valence-corrected chi connectivity index (χ4v) is 2.74. The third-order valence-electron chi connectivity index (χ3n) is 4.31. The van der Waals surface area contributed by atoms with E-state index in [1.54, 1.807) is 6.07 Å². The Bertz CT molecular complexity index is 728. The second-order valence-corrected chi connectivity index (χ2v) is 6.13. The largest absolute Gasteiger partial charge is 0.351 e. The van der Waals surface area contributed by atoms with Crippen LogP contribution in [0.25, 0.3) is 0 Å². The number of anilines is 1. The van der Waals surface area contributed by atoms with E-state index in [4.69, 9.17) is 4.52 Å². The summed E-state index contributed by atoms with van der Waals surface area (Å²) in [4.78, 5) is 24.2. The van der Waals surface area contributed by atoms with Crippen LogP contribution in [0.5, 0.6) is 0 Å². The summed E-state index contributed by atoms with van der Waals surface area (Å²) in [6, 6.07) is 7.43. The van der Waals surface area contributed by atoms with Crippen molar-refractivity contribution < 1.29 is 14.1 Å². The van der Waals surface area contributed by atoms with E-state index in [2.05, 4.69) is 29.6 Å². The molecule has 0 bridgehead atoms. The lowest BCUT2D eigenvalue weighted by molar-refractivity contribution is -0.115. The lowest BCUT2D eigenvalue weighted by atomic mass is 9.99. The van der Waals surface area contributed by atoms with Gasteiger partial charge in [-0.25, -0.2) is 0 Å². The van der Waals surface area contributed by atoms with Gasteiger partial charge in [-0.2, -0.15) is 0 Å². The van der Waals surface area contributed by atoms with Gasteiger partial charge in [-0.3, -0.25) is 9.59 Å². The maximum absolute atomic E-state index is 12.1. The number of hydrogen-bond donors (Lipinski definition) is 2. The van der Waals surface area contributed by atoms with Crippen molar-refractivity contribution in [3.63, 3.8) is 0 Å². The Kier molecular flexibility index (Phi) is 6.33. The Balaban J connectivity index is 1.92. The standard InChI is InChI=1S/C19H25N3O3/c1-5-14(6-2)15-10-16(25-22-15)19(24)20-11-17(23)21-18-12(3)8-7-9-13(18)4/h7-10,14H,5-6,11H2,1-4H3,(H,20,24)(H,21,23). The summed E-state index contributed by atoms with van der Waals surface area (Å²) in [5.41, 5.74) is 3.50. The average molecular weight is 343 g/mol. The minimum atomic E-state index is -0.443. The van der Waals surface area contributed by atoms with Crippen LogP contribution >= 0.6 is 0 Å². The molecule has 1 aromatic heterocycles. The van der Waals surface area contributed by atoms with E-state index in [9.17, 15) is 9.59 Å². The topological polar surface area (TPSA) is 84.2 Å². The number of carbonyl (C=O) groups excluding carboxylic acids is 2. The second kappa shape index (κ2) is 8.46. The Hall–Kier alpha value is -2.63. The minimum Gasteiger partial charge on any atom is -0.351 e. The average Bonchev–Trinajstić information content (AvgIpc) is 3.07. The van der Waals surface area contributed by atoms with E-state index in [1.807, 2.05) is 32.0 Å². The van der Waals surface area contributed by atoms with Gasteiger partial charge in [0.15, 0.2) is 0 Å². The number of rotatable bonds is 7. The third-order valence-corrected chi connectivity index (χ3v) is 4.31. The zero-order chi connectivity index (χ0) is 18.4. The molecule has 25 heavy (non-hydrogen) atoms. The van der Waals surface area contributed by atoms with Gasteiger partial charge < -0.3 is 15.2 Å². The smallest absolute Gasteiger partial charge is 0.290 e. The molecule has 134 valence electrons. The van der Waals surface area contributed by atoms with Crippen LogP contribution in [0.1, 0.15) is 60.0 Å². The van der Waals surface area contributed by atoms with E-state index < -0.39 is 5.91 Å². The number of nitrogens with one attached hydrogen (secondary N) is 2. The van der Waals surface area contributed by atoms with Crippen molar-refractivity contribution in [2.24, 2.45) is 0 Å². The number of amides is 2. The summed E-state index contributed by atoms with van der Waals surface area (Å²) in [5, 5.41) is 9.35. The van der Waals surface area contributed by atoms with E-state index in [-0.39, 0.29) is 24.1 Å². The van der Waals surface area contributed by atoms with Crippen molar-refractivity contribution in [1.82, 2.24) is 10.5 Å². The van der Waals surface area contributed by atoms with Crippen LogP contribution < -0.4 is 10.6 Å². The molecule has 0 atom stereocenters. The van der Waals surface area contributed by atoms with Gasteiger partial charge >= 0.3 is 0 Å². The molecule has 0 saturated heterocycles. The predicted octanol–water partition coefficient (Wildman–Crippen LogP) is 3.56. The van der Waals surface area contributed by atoms with Crippen LogP contribution in [0.2, 0.25) is 0 Å². The van der Waals surface area contributed by atoms with Crippen molar-refractivity contribution in [3.05, 3.63) is 46.8 Å². The molecular formula is C19H25N3O3. The van der Waals surface area contributed by atoms with Gasteiger partial charge in [0.1, 0.15) is 0 Å². The van der Waals surface area contributed by atoms with Crippen molar-refractivity contribution in [2.75, 3.05) is 11.9 Å². The molecule has 2 amide bonds. The molecule has 1 heterocycles. The summed E-state index contributed by atoms with van der Waals surface area (Å²) >= 11 is 0. The van der Waals surface area contributed by atoms with Gasteiger partial charge in [0, 0.05) is 17.7 Å². The first kappa shape index (κ1) is 18.7. The SMILES string of the molecule is CCC(CC)c1cc(C(=O)NCC(=O)Nc2c(C)cccc2C)on1. The molecule has 2 N–H and O–H groups in total. The van der Waals surface area contributed by atoms with Gasteiger partial charge in [-0.1, -0.05) is 37.2 Å². The first-order valence-corrected chi connectivity index (χ1v) is 8.57. The molecule has 0 radical (unpaired) electrons. The fourth-order valence-electron chi connectivity index (χ4n) is 2.74. The zero-order valence-corrected chi connectivity index (χ0v) is 15.2. The molecule has 2 aromatic rings. The van der Waals surface area contributed by atoms with Crippen LogP contribution in [0.3, 0.4) is 0 Å². The number of aryl methyl sites for hydroxylation is 2. The first-order valence-electron chi connectivity index (χ1n) is 8.57. The number of aromatic nitrogens is 1. The molecule has 0 saturated carbocycles. The summed E-state index contributed by atoms with van der Waals surface area (Å²) in [5.74, 6) is -0.328. The minimum absolute atomic E-state index is 0.127. The monoisotopic (exact) mass is 343 g/mol. The van der Waals surface area contributed by atoms with Crippen molar-refractivity contribution in [2.45, 2.75) is 46.5 Å². The molecule has 6 nitrogen and oxygen atoms in total. The van der Waals surface area contributed by atoms with Gasteiger partial charge in [0.25, 0.3) is 5.91 Å². The maximum Gasteiger partial charge on any atom is 0.290 e. The van der Waals surface area contributed by atoms with Crippen molar-refractivity contribution in [1.29, 1.82) is 0 Å². The molecule has 1 aromatic carbocycles. The van der Waals surface area contributed by atoms with Crippen molar-refractivity contribution >= 4 is 17.5 Å². The number of benzene rings is 1. The quantitative estimate of drug-likeness (QED) is 0.805. The fraction of sp³-hybridized carbons (Fsp3) is 0.421. The number of para-hydroxylation sites is 1. The molecule has 2 rings (SSSR count). The van der Waals surface area contributed by atoms with Crippen molar-refractivity contribution in [3.8, 4) is 0 Å². The van der Waals surface area contributed by atoms with Gasteiger partial charge in [-0.15, -0.1) is 0 Å². The molecule has 0 unspecified atom stereocenters. The van der Waals surface area contributed by atoms with Crippen LogP contribution in [0.4, 0.5) is 5.69 Å². The second-order valence-electron chi connectivity index (χ2n) is 6.13. The summed E-state index contributed by atoms with van der Waals surface area (Å²) in [6.45, 7) is 7.86. The summed E-state index contributed by atoms with van der Waals surface area (Å²) in [7, 11) is 0. The Morgan fingerprint density at radius 2 is 1.80 bits per heavy atom. The molecule has 0 fully saturated rings. The highest BCUT2D eigenvalue weighted by Crippen LogP contribution is 2.22. The summed E-state index contributed by atoms with van der Waals surface area (Å²) in [6.07, 6.45) is 1.87. The Labute approximate surface area is 148 Å². The van der Waals surface area contributed by atoms with Gasteiger partial charge in [-0.05, 0) is 37.8 Å². The molecule has 6 heteroatoms. The highest BCUT2D eigenvalue weighted by molar-refractivity contribution is 5.98. The van der Waals surface area contributed by atoms with E-state index in [0.29, 0.717) is 0 Å². The normalized spacial score (nSPS) is 10.8. The lowest BCUT2D eigenvalue weighted by Crippen LogP contribution is -2.33. The molecule has 0 aliphatic carbocycles. The van der Waals surface area contributed by atoms with E-state index >= 15 is 0 Å². The molecule has 0 spiro atoms.